The van der Waals surface area contributed by atoms with Crippen molar-refractivity contribution in [1.82, 2.24) is 10.3 Å². The third-order valence-corrected chi connectivity index (χ3v) is 2.27. The predicted molar refractivity (Wildman–Crippen MR) is 60.1 cm³/mol. The minimum atomic E-state index is -0.218. The Morgan fingerprint density at radius 2 is 2.20 bits per heavy atom. The van der Waals surface area contributed by atoms with E-state index in [4.69, 9.17) is 0 Å². The van der Waals surface area contributed by atoms with Gasteiger partial charge in [-0.2, -0.15) is 0 Å². The van der Waals surface area contributed by atoms with Gasteiger partial charge in [-0.05, 0) is 31.0 Å². The molecule has 3 heteroatoms. The third-order valence-electron chi connectivity index (χ3n) is 2.27. The van der Waals surface area contributed by atoms with Crippen LogP contribution in [0.4, 0.5) is 4.39 Å². The number of pyridine rings is 1. The molecule has 0 aromatic carbocycles. The molecule has 1 N–H and O–H groups in total. The highest BCUT2D eigenvalue weighted by atomic mass is 19.1. The van der Waals surface area contributed by atoms with Gasteiger partial charge in [-0.25, -0.2) is 4.39 Å². The molecule has 1 aromatic rings. The summed E-state index contributed by atoms with van der Waals surface area (Å²) in [7, 11) is 0. The molecule has 15 heavy (non-hydrogen) atoms. The molecule has 0 aliphatic carbocycles. The van der Waals surface area contributed by atoms with E-state index in [1.54, 1.807) is 12.3 Å². The van der Waals surface area contributed by atoms with Crippen molar-refractivity contribution >= 4 is 0 Å². The van der Waals surface area contributed by atoms with Gasteiger partial charge in [-0.1, -0.05) is 20.8 Å². The maximum Gasteiger partial charge on any atom is 0.146 e. The van der Waals surface area contributed by atoms with E-state index in [2.05, 4.69) is 24.1 Å². The van der Waals surface area contributed by atoms with Crippen LogP contribution < -0.4 is 5.32 Å². The van der Waals surface area contributed by atoms with Crippen LogP contribution in [0.5, 0.6) is 0 Å². The van der Waals surface area contributed by atoms with Gasteiger partial charge in [0.15, 0.2) is 0 Å². The van der Waals surface area contributed by atoms with Gasteiger partial charge in [0.2, 0.25) is 0 Å². The van der Waals surface area contributed by atoms with Crippen LogP contribution in [0.2, 0.25) is 0 Å². The minimum Gasteiger partial charge on any atom is -0.309 e. The summed E-state index contributed by atoms with van der Waals surface area (Å²) in [6.07, 6.45) is 2.55. The molecule has 84 valence electrons. The summed E-state index contributed by atoms with van der Waals surface area (Å²) >= 11 is 0. The lowest BCUT2D eigenvalue weighted by atomic mass is 10.0. The van der Waals surface area contributed by atoms with E-state index < -0.39 is 0 Å². The Balaban J connectivity index is 2.83. The highest BCUT2D eigenvalue weighted by Gasteiger charge is 2.16. The van der Waals surface area contributed by atoms with E-state index in [1.165, 1.54) is 6.07 Å². The van der Waals surface area contributed by atoms with Gasteiger partial charge in [0.25, 0.3) is 0 Å². The molecule has 1 atom stereocenters. The van der Waals surface area contributed by atoms with Crippen molar-refractivity contribution in [3.63, 3.8) is 0 Å². The molecule has 0 amide bonds. The Morgan fingerprint density at radius 3 is 2.73 bits per heavy atom. The first kappa shape index (κ1) is 12.1. The van der Waals surface area contributed by atoms with Crippen LogP contribution in [0, 0.1) is 11.7 Å². The lowest BCUT2D eigenvalue weighted by molar-refractivity contribution is 0.414. The number of hydrogen-bond acceptors (Lipinski definition) is 2. The van der Waals surface area contributed by atoms with E-state index in [0.717, 1.165) is 13.0 Å². The first-order chi connectivity index (χ1) is 7.15. The first-order valence-corrected chi connectivity index (χ1v) is 5.49. The van der Waals surface area contributed by atoms with E-state index in [0.29, 0.717) is 11.6 Å². The molecule has 1 unspecified atom stereocenters. The summed E-state index contributed by atoms with van der Waals surface area (Å²) in [4.78, 5) is 4.11. The smallest absolute Gasteiger partial charge is 0.146 e. The van der Waals surface area contributed by atoms with Crippen molar-refractivity contribution in [1.29, 1.82) is 0 Å². The second kappa shape index (κ2) is 5.81. The van der Waals surface area contributed by atoms with E-state index in [-0.39, 0.29) is 11.9 Å². The summed E-state index contributed by atoms with van der Waals surface area (Å²) in [5, 5.41) is 3.27. The van der Waals surface area contributed by atoms with Gasteiger partial charge in [-0.3, -0.25) is 4.98 Å². The zero-order chi connectivity index (χ0) is 11.3. The molecule has 0 radical (unpaired) electrons. The number of rotatable bonds is 5. The first-order valence-electron chi connectivity index (χ1n) is 5.49. The van der Waals surface area contributed by atoms with Crippen molar-refractivity contribution in [3.05, 3.63) is 29.8 Å². The molecule has 1 aromatic heterocycles. The van der Waals surface area contributed by atoms with Crippen LogP contribution in [0.15, 0.2) is 18.3 Å². The average Bonchev–Trinajstić information content (AvgIpc) is 2.17. The summed E-state index contributed by atoms with van der Waals surface area (Å²) in [5.74, 6) is 0.305. The van der Waals surface area contributed by atoms with Crippen molar-refractivity contribution in [3.8, 4) is 0 Å². The standard InChI is InChI=1S/C12H19FN2/c1-4-14-11(8-9(2)3)12-10(13)6-5-7-15-12/h5-7,9,11,14H,4,8H2,1-3H3. The number of nitrogens with one attached hydrogen (secondary N) is 1. The number of aromatic nitrogens is 1. The number of nitrogens with zero attached hydrogens (tertiary/aromatic N) is 1. The lowest BCUT2D eigenvalue weighted by Gasteiger charge is -2.19. The fraction of sp³-hybridized carbons (Fsp3) is 0.583. The molecule has 0 aliphatic rings. The Kier molecular flexibility index (Phi) is 4.69. The van der Waals surface area contributed by atoms with Crippen molar-refractivity contribution in [2.75, 3.05) is 6.54 Å². The molecule has 1 rings (SSSR count). The van der Waals surface area contributed by atoms with Crippen molar-refractivity contribution in [2.24, 2.45) is 5.92 Å². The van der Waals surface area contributed by atoms with Crippen LogP contribution in [0.1, 0.15) is 38.9 Å². The van der Waals surface area contributed by atoms with Gasteiger partial charge in [0.05, 0.1) is 11.7 Å². The average molecular weight is 210 g/mol. The molecule has 0 aliphatic heterocycles. The van der Waals surface area contributed by atoms with Crippen molar-refractivity contribution in [2.45, 2.75) is 33.2 Å². The van der Waals surface area contributed by atoms with Crippen molar-refractivity contribution < 1.29 is 4.39 Å². The maximum atomic E-state index is 13.5. The van der Waals surface area contributed by atoms with Gasteiger partial charge < -0.3 is 5.32 Å². The largest absolute Gasteiger partial charge is 0.309 e. The molecule has 0 saturated carbocycles. The van der Waals surface area contributed by atoms with Crippen LogP contribution in [-0.2, 0) is 0 Å². The SMILES string of the molecule is CCNC(CC(C)C)c1ncccc1F. The molecule has 1 heterocycles. The molecular formula is C12H19FN2. The van der Waals surface area contributed by atoms with Gasteiger partial charge in [0, 0.05) is 6.20 Å². The Labute approximate surface area is 90.9 Å². The summed E-state index contributed by atoms with van der Waals surface area (Å²) in [6.45, 7) is 7.11. The van der Waals surface area contributed by atoms with Gasteiger partial charge in [0.1, 0.15) is 5.82 Å². The quantitative estimate of drug-likeness (QED) is 0.808. The monoisotopic (exact) mass is 210 g/mol. The maximum absolute atomic E-state index is 13.5. The van der Waals surface area contributed by atoms with Gasteiger partial charge >= 0.3 is 0 Å². The second-order valence-electron chi connectivity index (χ2n) is 4.11. The summed E-state index contributed by atoms with van der Waals surface area (Å²) in [6, 6.07) is 3.11. The Bertz CT molecular complexity index is 299. The molecule has 0 bridgehead atoms. The molecule has 0 spiro atoms. The van der Waals surface area contributed by atoms with E-state index in [9.17, 15) is 4.39 Å². The Hall–Kier alpha value is -0.960. The Morgan fingerprint density at radius 1 is 1.47 bits per heavy atom. The topological polar surface area (TPSA) is 24.9 Å². The number of halogens is 1. The molecular weight excluding hydrogens is 191 g/mol. The highest BCUT2D eigenvalue weighted by molar-refractivity contribution is 5.11. The lowest BCUT2D eigenvalue weighted by Crippen LogP contribution is -2.24. The summed E-state index contributed by atoms with van der Waals surface area (Å²) < 4.78 is 13.5. The van der Waals surface area contributed by atoms with Gasteiger partial charge in [-0.15, -0.1) is 0 Å². The molecule has 0 saturated heterocycles. The molecule has 0 fully saturated rings. The van der Waals surface area contributed by atoms with Crippen LogP contribution in [0.25, 0.3) is 0 Å². The zero-order valence-electron chi connectivity index (χ0n) is 9.63. The van der Waals surface area contributed by atoms with E-state index >= 15 is 0 Å². The van der Waals surface area contributed by atoms with Crippen LogP contribution in [0.3, 0.4) is 0 Å². The fourth-order valence-electron chi connectivity index (χ4n) is 1.66. The second-order valence-corrected chi connectivity index (χ2v) is 4.11. The third kappa shape index (κ3) is 3.59. The summed E-state index contributed by atoms with van der Waals surface area (Å²) in [5.41, 5.74) is 0.535. The van der Waals surface area contributed by atoms with E-state index in [1.807, 2.05) is 6.92 Å². The van der Waals surface area contributed by atoms with Crippen LogP contribution in [-0.4, -0.2) is 11.5 Å². The molecule has 2 nitrogen and oxygen atoms in total. The van der Waals surface area contributed by atoms with Crippen LogP contribution >= 0.6 is 0 Å². The minimum absolute atomic E-state index is 0.0243. The fourth-order valence-corrected chi connectivity index (χ4v) is 1.66. The predicted octanol–water partition coefficient (Wildman–Crippen LogP) is 2.92. The number of hydrogen-bond donors (Lipinski definition) is 1. The highest BCUT2D eigenvalue weighted by Crippen LogP contribution is 2.21. The normalized spacial score (nSPS) is 13.1. The zero-order valence-corrected chi connectivity index (χ0v) is 9.63.